The zero-order chi connectivity index (χ0) is 33.4. The van der Waals surface area contributed by atoms with Crippen LogP contribution in [0.4, 0.5) is 0 Å². The molecule has 2 amide bonds. The molecule has 0 unspecified atom stereocenters. The van der Waals surface area contributed by atoms with Gasteiger partial charge in [-0.05, 0) is 63.7 Å². The summed E-state index contributed by atoms with van der Waals surface area (Å²) in [7, 11) is 0. The summed E-state index contributed by atoms with van der Waals surface area (Å²) < 4.78 is 0. The number of aromatic nitrogens is 1. The molecule has 1 aliphatic heterocycles. The lowest BCUT2D eigenvalue weighted by molar-refractivity contribution is -0.138. The van der Waals surface area contributed by atoms with Gasteiger partial charge >= 0.3 is 0 Å². The molecule has 46 heavy (non-hydrogen) atoms. The first-order valence-electron chi connectivity index (χ1n) is 15.7. The summed E-state index contributed by atoms with van der Waals surface area (Å²) in [6, 6.07) is 9.31. The van der Waals surface area contributed by atoms with Gasteiger partial charge in [0, 0.05) is 44.6 Å². The minimum atomic E-state index is -1.23. The van der Waals surface area contributed by atoms with E-state index in [1.165, 1.54) is 6.07 Å². The molecule has 1 saturated heterocycles. The normalized spacial score (nSPS) is 22.2. The molecule has 1 fully saturated rings. The third-order valence-corrected chi connectivity index (χ3v) is 9.43. The molecule has 0 radical (unpaired) electrons. The molecular formula is C38H43N3O5. The molecule has 5 rings (SSSR count). The Morgan fingerprint density at radius 2 is 1.87 bits per heavy atom. The number of rotatable bonds is 9. The number of hydrogen-bond acceptors (Lipinski definition) is 5. The van der Waals surface area contributed by atoms with Crippen LogP contribution < -0.4 is 10.6 Å². The summed E-state index contributed by atoms with van der Waals surface area (Å²) in [4.78, 5) is 43.4. The van der Waals surface area contributed by atoms with E-state index in [0.29, 0.717) is 36.7 Å². The van der Waals surface area contributed by atoms with Crippen molar-refractivity contribution in [2.24, 2.45) is 11.8 Å². The number of carbonyl (C=O) groups is 3. The van der Waals surface area contributed by atoms with E-state index >= 15 is 0 Å². The molecule has 8 nitrogen and oxygen atoms in total. The Morgan fingerprint density at radius 3 is 2.57 bits per heavy atom. The van der Waals surface area contributed by atoms with Crippen LogP contribution in [0.3, 0.4) is 0 Å². The molecule has 2 heterocycles. The summed E-state index contributed by atoms with van der Waals surface area (Å²) >= 11 is 0. The van der Waals surface area contributed by atoms with Crippen LogP contribution in [-0.2, 0) is 27.8 Å². The van der Waals surface area contributed by atoms with Gasteiger partial charge < -0.3 is 25.8 Å². The summed E-state index contributed by atoms with van der Waals surface area (Å²) in [5.41, 5.74) is 2.96. The van der Waals surface area contributed by atoms with Gasteiger partial charge in [-0.15, -0.1) is 6.58 Å². The number of aldehydes is 1. The van der Waals surface area contributed by atoms with Crippen molar-refractivity contribution in [3.63, 3.8) is 0 Å². The highest BCUT2D eigenvalue weighted by molar-refractivity contribution is 6.10. The van der Waals surface area contributed by atoms with Crippen molar-refractivity contribution in [1.29, 1.82) is 0 Å². The summed E-state index contributed by atoms with van der Waals surface area (Å²) in [5.74, 6) is -1.35. The molecule has 3 aromatic rings. The number of allylic oxidation sites excluding steroid dienone is 4. The zero-order valence-corrected chi connectivity index (χ0v) is 27.2. The average molecular weight is 622 g/mol. The highest BCUT2D eigenvalue weighted by Crippen LogP contribution is 2.41. The molecule has 5 N–H and O–H groups in total. The Labute approximate surface area is 270 Å². The Balaban J connectivity index is 1.46. The van der Waals surface area contributed by atoms with Crippen LogP contribution in [0.5, 0.6) is 11.5 Å². The quantitative estimate of drug-likeness (QED) is 0.0802. The highest BCUT2D eigenvalue weighted by atomic mass is 16.3. The van der Waals surface area contributed by atoms with Gasteiger partial charge in [0.05, 0.1) is 5.56 Å². The molecule has 1 aliphatic carbocycles. The number of fused-ring (bicyclic) bond motifs is 1. The number of nitrogens with one attached hydrogen (secondary N) is 3. The van der Waals surface area contributed by atoms with Crippen molar-refractivity contribution in [1.82, 2.24) is 15.6 Å². The number of aromatic hydroxyl groups is 2. The number of para-hydroxylation sites is 1. The molecule has 0 saturated carbocycles. The Bertz CT molecular complexity index is 1820. The van der Waals surface area contributed by atoms with Gasteiger partial charge in [-0.3, -0.25) is 14.4 Å². The van der Waals surface area contributed by atoms with Crippen molar-refractivity contribution in [2.45, 2.75) is 71.3 Å². The number of amides is 2. The van der Waals surface area contributed by atoms with Crippen molar-refractivity contribution in [3.05, 3.63) is 100 Å². The standard InChI is InChI=1S/C38H43N3O5/c1-7-37(5,6)34-28(26-10-8-9-11-30(26)39-34)19-31-35(45)41-38(36(46)40-31)20-23(4)13-15-25(38)16-17-27-29(21-42)33(44)24(18-32(27)43)14-12-22(2)3/h7-13,15,18-19,21,23,25,39,43-44H,1,14,16-17,20H2,2-6H3,(H,40,46)(H,41,45)/b31-19-/t23-,25-,38+/m0/s1. The van der Waals surface area contributed by atoms with Crippen molar-refractivity contribution in [3.8, 4) is 11.5 Å². The van der Waals surface area contributed by atoms with E-state index in [1.54, 1.807) is 6.08 Å². The van der Waals surface area contributed by atoms with E-state index < -0.39 is 22.8 Å². The summed E-state index contributed by atoms with van der Waals surface area (Å²) in [6.45, 7) is 13.9. The molecule has 3 atom stereocenters. The lowest BCUT2D eigenvalue weighted by atomic mass is 9.69. The van der Waals surface area contributed by atoms with E-state index in [-0.39, 0.29) is 41.0 Å². The SMILES string of the molecule is C=CC(C)(C)c1[nH]c2ccccc2c1/C=C1\NC(=O)[C@]2(C[C@@H](C)C=C[C@H]2CCc2c(O)cc(CC=C(C)C)c(O)c2C=O)NC1=O. The monoisotopic (exact) mass is 621 g/mol. The molecule has 2 aliphatic rings. The van der Waals surface area contributed by atoms with Gasteiger partial charge in [0.15, 0.2) is 6.29 Å². The van der Waals surface area contributed by atoms with Gasteiger partial charge in [-0.25, -0.2) is 0 Å². The van der Waals surface area contributed by atoms with Gasteiger partial charge in [0.1, 0.15) is 22.7 Å². The second kappa shape index (κ2) is 12.5. The largest absolute Gasteiger partial charge is 0.508 e. The van der Waals surface area contributed by atoms with Crippen LogP contribution in [0.1, 0.15) is 80.2 Å². The summed E-state index contributed by atoms with van der Waals surface area (Å²) in [5, 5.41) is 28.7. The van der Waals surface area contributed by atoms with E-state index in [0.717, 1.165) is 27.7 Å². The molecule has 0 bridgehead atoms. The van der Waals surface area contributed by atoms with Gasteiger partial charge in [-0.1, -0.05) is 68.8 Å². The van der Waals surface area contributed by atoms with Crippen LogP contribution in [-0.4, -0.2) is 38.8 Å². The van der Waals surface area contributed by atoms with Crippen LogP contribution in [0, 0.1) is 11.8 Å². The van der Waals surface area contributed by atoms with Crippen molar-refractivity contribution >= 4 is 35.1 Å². The van der Waals surface area contributed by atoms with Gasteiger partial charge in [0.2, 0.25) is 0 Å². The lowest BCUT2D eigenvalue weighted by Crippen LogP contribution is -2.68. The first kappa shape index (κ1) is 32.5. The maximum absolute atomic E-state index is 14.1. The van der Waals surface area contributed by atoms with Crippen LogP contribution in [0.2, 0.25) is 0 Å². The Hall–Kier alpha value is -4.85. The predicted octanol–water partition coefficient (Wildman–Crippen LogP) is 6.53. The highest BCUT2D eigenvalue weighted by Gasteiger charge is 2.51. The number of piperazine rings is 1. The Kier molecular flexibility index (Phi) is 8.85. The number of phenols is 2. The molecule has 1 spiro atoms. The predicted molar refractivity (Wildman–Crippen MR) is 182 cm³/mol. The second-order valence-electron chi connectivity index (χ2n) is 13.4. The molecule has 1 aromatic heterocycles. The molecular weight excluding hydrogens is 578 g/mol. The van der Waals surface area contributed by atoms with Crippen molar-refractivity contribution < 1.29 is 24.6 Å². The second-order valence-corrected chi connectivity index (χ2v) is 13.4. The zero-order valence-electron chi connectivity index (χ0n) is 27.2. The lowest BCUT2D eigenvalue weighted by Gasteiger charge is -2.45. The van der Waals surface area contributed by atoms with E-state index in [4.69, 9.17) is 0 Å². The van der Waals surface area contributed by atoms with E-state index in [1.807, 2.05) is 83.2 Å². The fourth-order valence-corrected chi connectivity index (χ4v) is 6.68. The van der Waals surface area contributed by atoms with Crippen LogP contribution in [0.25, 0.3) is 17.0 Å². The van der Waals surface area contributed by atoms with Crippen molar-refractivity contribution in [2.75, 3.05) is 0 Å². The minimum Gasteiger partial charge on any atom is -0.508 e. The number of H-pyrrole nitrogens is 1. The number of carbonyl (C=O) groups excluding carboxylic acids is 3. The fraction of sp³-hybridized carbons (Fsp3) is 0.342. The first-order chi connectivity index (χ1) is 21.8. The third kappa shape index (κ3) is 5.91. The Morgan fingerprint density at radius 1 is 1.13 bits per heavy atom. The van der Waals surface area contributed by atoms with E-state index in [9.17, 15) is 24.6 Å². The number of benzene rings is 2. The van der Waals surface area contributed by atoms with E-state index in [2.05, 4.69) is 22.2 Å². The number of phenolic OH excluding ortho intramolecular Hbond substituents is 2. The molecule has 240 valence electrons. The smallest absolute Gasteiger partial charge is 0.268 e. The summed E-state index contributed by atoms with van der Waals surface area (Å²) in [6.07, 6.45) is 11.3. The van der Waals surface area contributed by atoms with Crippen LogP contribution >= 0.6 is 0 Å². The molecule has 8 heteroatoms. The maximum Gasteiger partial charge on any atom is 0.268 e. The number of hydrogen-bond donors (Lipinski definition) is 5. The van der Waals surface area contributed by atoms with Gasteiger partial charge in [-0.2, -0.15) is 0 Å². The number of aromatic amines is 1. The minimum absolute atomic E-state index is 0.0267. The average Bonchev–Trinajstić information content (AvgIpc) is 3.39. The van der Waals surface area contributed by atoms with Crippen LogP contribution in [0.15, 0.2) is 72.5 Å². The maximum atomic E-state index is 14.1. The first-order valence-corrected chi connectivity index (χ1v) is 15.7. The third-order valence-electron chi connectivity index (χ3n) is 9.43. The topological polar surface area (TPSA) is 132 Å². The van der Waals surface area contributed by atoms with Gasteiger partial charge in [0.25, 0.3) is 11.8 Å². The fourth-order valence-electron chi connectivity index (χ4n) is 6.68. The molecule has 2 aromatic carbocycles.